The Morgan fingerprint density at radius 2 is 1.10 bits per heavy atom. The van der Waals surface area contributed by atoms with Crippen LogP contribution in [0.4, 0.5) is 0 Å². The third kappa shape index (κ3) is 1.92. The zero-order valence-corrected chi connectivity index (χ0v) is 13.7. The number of benzene rings is 3. The van der Waals surface area contributed by atoms with Crippen LogP contribution >= 0.6 is 0 Å². The zero-order chi connectivity index (χ0) is 14.2. The molecule has 0 unspecified atom stereocenters. The molecule has 21 heavy (non-hydrogen) atoms. The Labute approximate surface area is 129 Å². The molecule has 1 nitrogen and oxygen atoms in total. The van der Waals surface area contributed by atoms with Gasteiger partial charge in [0.25, 0.3) is 0 Å². The van der Waals surface area contributed by atoms with Crippen LogP contribution in [0.1, 0.15) is 0 Å². The van der Waals surface area contributed by atoms with Gasteiger partial charge in [-0.15, -0.1) is 0 Å². The second kappa shape index (κ2) is 5.09. The van der Waals surface area contributed by atoms with Gasteiger partial charge in [-0.25, -0.2) is 0 Å². The average Bonchev–Trinajstić information content (AvgIpc) is 2.89. The molecule has 0 saturated carbocycles. The maximum atomic E-state index is 5.62. The summed E-state index contributed by atoms with van der Waals surface area (Å²) in [5.41, 5.74) is 2.80. The molecule has 2 heteroatoms. The summed E-state index contributed by atoms with van der Waals surface area (Å²) in [5, 5.41) is 0. The summed E-state index contributed by atoms with van der Waals surface area (Å²) < 4.78 is 10.0. The van der Waals surface area contributed by atoms with Crippen molar-refractivity contribution in [1.29, 1.82) is 0 Å². The van der Waals surface area contributed by atoms with Crippen molar-refractivity contribution in [2.24, 2.45) is 0 Å². The van der Waals surface area contributed by atoms with Crippen molar-refractivity contribution in [3.05, 3.63) is 72.8 Å². The van der Waals surface area contributed by atoms with Gasteiger partial charge in [0.2, 0.25) is 0 Å². The molecule has 3 aromatic carbocycles. The molecule has 1 aliphatic heterocycles. The molecular formula is C19H15AsO. The minimum absolute atomic E-state index is 1.02. The Hall–Kier alpha value is -1.98. The van der Waals surface area contributed by atoms with Crippen molar-refractivity contribution in [2.45, 2.75) is 0 Å². The van der Waals surface area contributed by atoms with Crippen LogP contribution in [0.25, 0.3) is 11.1 Å². The van der Waals surface area contributed by atoms with Crippen molar-refractivity contribution in [3.8, 4) is 16.9 Å². The van der Waals surface area contributed by atoms with Crippen LogP contribution in [0, 0.1) is 0 Å². The molecule has 1 aliphatic rings. The van der Waals surface area contributed by atoms with Gasteiger partial charge in [0.05, 0.1) is 0 Å². The van der Waals surface area contributed by atoms with Crippen molar-refractivity contribution in [3.63, 3.8) is 0 Å². The molecule has 4 rings (SSSR count). The van der Waals surface area contributed by atoms with Gasteiger partial charge in [-0.05, 0) is 0 Å². The van der Waals surface area contributed by atoms with Crippen LogP contribution < -0.4 is 17.8 Å². The number of para-hydroxylation sites is 1. The molecule has 0 aromatic heterocycles. The van der Waals surface area contributed by atoms with E-state index in [4.69, 9.17) is 4.74 Å². The first-order valence-corrected chi connectivity index (χ1v) is 9.83. The standard InChI is InChI=1S/C19H15AsO/c1-21-19-13-7-6-12-18(19)20-16-10-4-2-8-14(16)15-9-3-5-11-17(15)20/h2-13H,1H3. The summed E-state index contributed by atoms with van der Waals surface area (Å²) in [7, 11) is 1.76. The van der Waals surface area contributed by atoms with Gasteiger partial charge < -0.3 is 0 Å². The number of ether oxygens (including phenoxy) is 1. The molecule has 0 radical (unpaired) electrons. The third-order valence-corrected chi connectivity index (χ3v) is 9.35. The van der Waals surface area contributed by atoms with E-state index in [1.54, 1.807) is 7.11 Å². The number of methoxy groups -OCH3 is 1. The fraction of sp³-hybridized carbons (Fsp3) is 0.0526. The second-order valence-electron chi connectivity index (χ2n) is 5.04. The summed E-state index contributed by atoms with van der Waals surface area (Å²) >= 11 is -1.50. The fourth-order valence-electron chi connectivity index (χ4n) is 3.00. The second-order valence-corrected chi connectivity index (χ2v) is 9.48. The Morgan fingerprint density at radius 3 is 1.67 bits per heavy atom. The van der Waals surface area contributed by atoms with E-state index in [9.17, 15) is 0 Å². The summed E-state index contributed by atoms with van der Waals surface area (Å²) in [6.07, 6.45) is 0. The van der Waals surface area contributed by atoms with Crippen molar-refractivity contribution >= 4 is 27.7 Å². The summed E-state index contributed by atoms with van der Waals surface area (Å²) in [6.45, 7) is 0. The number of hydrogen-bond acceptors (Lipinski definition) is 1. The van der Waals surface area contributed by atoms with Gasteiger partial charge in [0.15, 0.2) is 0 Å². The monoisotopic (exact) mass is 334 g/mol. The molecule has 0 atom stereocenters. The van der Waals surface area contributed by atoms with E-state index in [2.05, 4.69) is 66.7 Å². The van der Waals surface area contributed by atoms with Crippen LogP contribution in [-0.2, 0) is 0 Å². The quantitative estimate of drug-likeness (QED) is 0.511. The molecular weight excluding hydrogens is 319 g/mol. The molecule has 3 aromatic rings. The fourth-order valence-corrected chi connectivity index (χ4v) is 8.75. The predicted molar refractivity (Wildman–Crippen MR) is 89.5 cm³/mol. The van der Waals surface area contributed by atoms with Crippen LogP contribution in [0.5, 0.6) is 5.75 Å². The molecule has 0 aliphatic carbocycles. The minimum atomic E-state index is -1.50. The van der Waals surface area contributed by atoms with Gasteiger partial charge in [0, 0.05) is 0 Å². The Morgan fingerprint density at radius 1 is 0.619 bits per heavy atom. The van der Waals surface area contributed by atoms with Gasteiger partial charge >= 0.3 is 129 Å². The van der Waals surface area contributed by atoms with Crippen LogP contribution in [0.15, 0.2) is 72.8 Å². The SMILES string of the molecule is COc1ccccc1[As]1c2ccccc2-c2ccccc21. The number of hydrogen-bond donors (Lipinski definition) is 0. The third-order valence-electron chi connectivity index (χ3n) is 3.91. The normalized spacial score (nSPS) is 12.8. The molecule has 0 saturated heterocycles. The predicted octanol–water partition coefficient (Wildman–Crippen LogP) is 2.19. The first-order chi connectivity index (χ1) is 10.4. The van der Waals surface area contributed by atoms with Gasteiger partial charge in [-0.2, -0.15) is 0 Å². The first-order valence-electron chi connectivity index (χ1n) is 7.02. The van der Waals surface area contributed by atoms with E-state index >= 15 is 0 Å². The maximum absolute atomic E-state index is 5.62. The zero-order valence-electron chi connectivity index (χ0n) is 11.8. The average molecular weight is 334 g/mol. The first kappa shape index (κ1) is 12.7. The van der Waals surface area contributed by atoms with Gasteiger partial charge in [-0.1, -0.05) is 0 Å². The van der Waals surface area contributed by atoms with Crippen LogP contribution in [0.2, 0.25) is 0 Å². The Balaban J connectivity index is 2.01. The van der Waals surface area contributed by atoms with Crippen LogP contribution in [0.3, 0.4) is 0 Å². The van der Waals surface area contributed by atoms with Gasteiger partial charge in [-0.3, -0.25) is 0 Å². The van der Waals surface area contributed by atoms with E-state index in [1.807, 2.05) is 6.07 Å². The summed E-state index contributed by atoms with van der Waals surface area (Å²) in [4.78, 5) is 0. The molecule has 1 heterocycles. The van der Waals surface area contributed by atoms with E-state index < -0.39 is 14.7 Å². The topological polar surface area (TPSA) is 9.23 Å². The van der Waals surface area contributed by atoms with Crippen molar-refractivity contribution < 1.29 is 4.74 Å². The van der Waals surface area contributed by atoms with E-state index in [0.717, 1.165) is 5.75 Å². The molecule has 0 spiro atoms. The van der Waals surface area contributed by atoms with E-state index in [1.165, 1.54) is 24.2 Å². The van der Waals surface area contributed by atoms with Crippen molar-refractivity contribution in [2.75, 3.05) is 7.11 Å². The molecule has 0 amide bonds. The Kier molecular flexibility index (Phi) is 3.09. The molecule has 0 N–H and O–H groups in total. The van der Waals surface area contributed by atoms with E-state index in [-0.39, 0.29) is 0 Å². The number of fused-ring (bicyclic) bond motifs is 3. The molecule has 0 fully saturated rings. The summed E-state index contributed by atoms with van der Waals surface area (Å²) in [6, 6.07) is 26.1. The Bertz CT molecular complexity index is 764. The van der Waals surface area contributed by atoms with E-state index in [0.29, 0.717) is 0 Å². The van der Waals surface area contributed by atoms with Crippen LogP contribution in [-0.4, -0.2) is 21.8 Å². The summed E-state index contributed by atoms with van der Waals surface area (Å²) in [5.74, 6) is 1.02. The van der Waals surface area contributed by atoms with Crippen molar-refractivity contribution in [1.82, 2.24) is 0 Å². The molecule has 0 bridgehead atoms. The molecule has 102 valence electrons. The number of rotatable bonds is 2. The van der Waals surface area contributed by atoms with Gasteiger partial charge in [0.1, 0.15) is 0 Å².